The summed E-state index contributed by atoms with van der Waals surface area (Å²) in [7, 11) is 1.78. The normalized spacial score (nSPS) is 22.4. The van der Waals surface area contributed by atoms with E-state index >= 15 is 0 Å². The van der Waals surface area contributed by atoms with E-state index in [1.165, 1.54) is 0 Å². The zero-order valence-electron chi connectivity index (χ0n) is 11.2. The van der Waals surface area contributed by atoms with Gasteiger partial charge >= 0.3 is 5.97 Å². The van der Waals surface area contributed by atoms with Gasteiger partial charge < -0.3 is 10.4 Å². The van der Waals surface area contributed by atoms with Crippen molar-refractivity contribution < 1.29 is 14.7 Å². The van der Waals surface area contributed by atoms with Gasteiger partial charge in [-0.2, -0.15) is 5.10 Å². The Balaban J connectivity index is 1.91. The fourth-order valence-corrected chi connectivity index (χ4v) is 2.59. The maximum absolute atomic E-state index is 11.9. The quantitative estimate of drug-likeness (QED) is 0.849. The van der Waals surface area contributed by atoms with Gasteiger partial charge in [-0.05, 0) is 31.7 Å². The summed E-state index contributed by atoms with van der Waals surface area (Å²) < 4.78 is 1.64. The van der Waals surface area contributed by atoms with Crippen LogP contribution in [0.4, 0.5) is 0 Å². The summed E-state index contributed by atoms with van der Waals surface area (Å²) in [5.74, 6) is -1.29. The Morgan fingerprint density at radius 3 is 2.84 bits per heavy atom. The number of hydrogen-bond donors (Lipinski definition) is 2. The van der Waals surface area contributed by atoms with Crippen LogP contribution < -0.4 is 5.32 Å². The van der Waals surface area contributed by atoms with Crippen LogP contribution in [0, 0.1) is 18.8 Å². The Hall–Kier alpha value is -1.85. The summed E-state index contributed by atoms with van der Waals surface area (Å²) in [6.45, 7) is 2.28. The molecule has 0 saturated heterocycles. The van der Waals surface area contributed by atoms with Crippen LogP contribution >= 0.6 is 0 Å². The number of aromatic nitrogens is 2. The van der Waals surface area contributed by atoms with Crippen molar-refractivity contribution in [2.75, 3.05) is 6.54 Å². The second-order valence-electron chi connectivity index (χ2n) is 5.14. The molecule has 1 saturated carbocycles. The van der Waals surface area contributed by atoms with Crippen LogP contribution in [0.5, 0.6) is 0 Å². The van der Waals surface area contributed by atoms with Crippen LogP contribution in [0.15, 0.2) is 6.07 Å². The molecular weight excluding hydrogens is 246 g/mol. The van der Waals surface area contributed by atoms with E-state index in [1.807, 2.05) is 6.92 Å². The average molecular weight is 265 g/mol. The van der Waals surface area contributed by atoms with Crippen LogP contribution in [-0.4, -0.2) is 33.3 Å². The second kappa shape index (κ2) is 5.42. The molecule has 1 aliphatic carbocycles. The first-order valence-electron chi connectivity index (χ1n) is 6.50. The van der Waals surface area contributed by atoms with E-state index < -0.39 is 5.97 Å². The van der Waals surface area contributed by atoms with E-state index in [0.29, 0.717) is 18.7 Å². The van der Waals surface area contributed by atoms with Gasteiger partial charge in [0.15, 0.2) is 0 Å². The van der Waals surface area contributed by atoms with Gasteiger partial charge in [0.05, 0.1) is 5.92 Å². The van der Waals surface area contributed by atoms with Crippen molar-refractivity contribution in [3.63, 3.8) is 0 Å². The van der Waals surface area contributed by atoms with Crippen LogP contribution in [-0.2, 0) is 11.8 Å². The van der Waals surface area contributed by atoms with Crippen LogP contribution in [0.3, 0.4) is 0 Å². The molecule has 1 amide bonds. The maximum atomic E-state index is 11.9. The topological polar surface area (TPSA) is 84.2 Å². The number of carbonyl (C=O) groups is 2. The number of aryl methyl sites for hydroxylation is 2. The van der Waals surface area contributed by atoms with Gasteiger partial charge in [0, 0.05) is 19.3 Å². The number of nitrogens with zero attached hydrogens (tertiary/aromatic N) is 2. The number of nitrogens with one attached hydrogen (secondary N) is 1. The molecule has 2 unspecified atom stereocenters. The predicted octanol–water partition coefficient (Wildman–Crippen LogP) is 0.959. The van der Waals surface area contributed by atoms with Crippen molar-refractivity contribution in [2.45, 2.75) is 26.2 Å². The molecule has 1 heterocycles. The average Bonchev–Trinajstić information content (AvgIpc) is 2.94. The highest BCUT2D eigenvalue weighted by molar-refractivity contribution is 5.92. The number of amides is 1. The van der Waals surface area contributed by atoms with Crippen molar-refractivity contribution in [2.24, 2.45) is 18.9 Å². The Bertz CT molecular complexity index is 476. The molecule has 1 aliphatic rings. The van der Waals surface area contributed by atoms with Gasteiger partial charge in [-0.15, -0.1) is 0 Å². The summed E-state index contributed by atoms with van der Waals surface area (Å²) >= 11 is 0. The van der Waals surface area contributed by atoms with Crippen molar-refractivity contribution >= 4 is 11.9 Å². The highest BCUT2D eigenvalue weighted by Gasteiger charge is 2.33. The summed E-state index contributed by atoms with van der Waals surface area (Å²) in [6.07, 6.45) is 2.48. The number of rotatable bonds is 4. The molecule has 0 radical (unpaired) electrons. The van der Waals surface area contributed by atoms with Gasteiger partial charge in [0.25, 0.3) is 5.91 Å². The van der Waals surface area contributed by atoms with Gasteiger partial charge in [-0.3, -0.25) is 14.3 Å². The lowest BCUT2D eigenvalue weighted by Gasteiger charge is -2.15. The number of hydrogen-bond acceptors (Lipinski definition) is 3. The molecule has 0 bridgehead atoms. The fraction of sp³-hybridized carbons (Fsp3) is 0.615. The number of carbonyl (C=O) groups excluding carboxylic acids is 1. The summed E-state index contributed by atoms with van der Waals surface area (Å²) in [4.78, 5) is 23.0. The minimum atomic E-state index is -0.759. The third kappa shape index (κ3) is 2.94. The van der Waals surface area contributed by atoms with E-state index in [9.17, 15) is 9.59 Å². The van der Waals surface area contributed by atoms with Gasteiger partial charge in [-0.25, -0.2) is 0 Å². The van der Waals surface area contributed by atoms with Gasteiger partial charge in [-0.1, -0.05) is 6.42 Å². The van der Waals surface area contributed by atoms with E-state index in [-0.39, 0.29) is 17.7 Å². The van der Waals surface area contributed by atoms with Crippen molar-refractivity contribution in [3.8, 4) is 0 Å². The third-order valence-corrected chi connectivity index (χ3v) is 3.85. The highest BCUT2D eigenvalue weighted by atomic mass is 16.4. The Morgan fingerprint density at radius 1 is 1.53 bits per heavy atom. The molecule has 19 heavy (non-hydrogen) atoms. The van der Waals surface area contributed by atoms with Crippen molar-refractivity contribution in [1.82, 2.24) is 15.1 Å². The predicted molar refractivity (Wildman–Crippen MR) is 68.7 cm³/mol. The van der Waals surface area contributed by atoms with E-state index in [1.54, 1.807) is 17.8 Å². The van der Waals surface area contributed by atoms with Crippen LogP contribution in [0.25, 0.3) is 0 Å². The van der Waals surface area contributed by atoms with Gasteiger partial charge in [0.1, 0.15) is 5.69 Å². The Kier molecular flexibility index (Phi) is 3.87. The molecule has 1 aromatic heterocycles. The first kappa shape index (κ1) is 13.6. The zero-order valence-corrected chi connectivity index (χ0v) is 11.2. The minimum absolute atomic E-state index is 0.0336. The fourth-order valence-electron chi connectivity index (χ4n) is 2.59. The molecule has 6 nitrogen and oxygen atoms in total. The lowest BCUT2D eigenvalue weighted by molar-refractivity contribution is -0.142. The monoisotopic (exact) mass is 265 g/mol. The molecule has 2 N–H and O–H groups in total. The summed E-state index contributed by atoms with van der Waals surface area (Å²) in [5, 5.41) is 16.0. The summed E-state index contributed by atoms with van der Waals surface area (Å²) in [6, 6.07) is 1.72. The second-order valence-corrected chi connectivity index (χ2v) is 5.14. The molecule has 6 heteroatoms. The smallest absolute Gasteiger partial charge is 0.306 e. The molecule has 0 spiro atoms. The highest BCUT2D eigenvalue weighted by Crippen LogP contribution is 2.31. The number of carboxylic acids is 1. The minimum Gasteiger partial charge on any atom is -0.481 e. The molecule has 1 aromatic rings. The van der Waals surface area contributed by atoms with E-state index in [2.05, 4.69) is 10.4 Å². The van der Waals surface area contributed by atoms with E-state index in [0.717, 1.165) is 18.5 Å². The Labute approximate surface area is 111 Å². The molecule has 1 fully saturated rings. The molecule has 0 aliphatic heterocycles. The van der Waals surface area contributed by atoms with Crippen molar-refractivity contribution in [3.05, 3.63) is 17.5 Å². The van der Waals surface area contributed by atoms with Crippen LogP contribution in [0.1, 0.15) is 35.4 Å². The van der Waals surface area contributed by atoms with Gasteiger partial charge in [0.2, 0.25) is 0 Å². The zero-order chi connectivity index (χ0) is 14.0. The third-order valence-electron chi connectivity index (χ3n) is 3.85. The first-order chi connectivity index (χ1) is 8.99. The lowest BCUT2D eigenvalue weighted by atomic mass is 9.96. The van der Waals surface area contributed by atoms with Crippen LogP contribution in [0.2, 0.25) is 0 Å². The molecule has 0 aromatic carbocycles. The number of aliphatic carboxylic acids is 1. The lowest BCUT2D eigenvalue weighted by Crippen LogP contribution is -2.33. The largest absolute Gasteiger partial charge is 0.481 e. The SMILES string of the molecule is Cc1cc(C(=O)NCC2CCCC2C(=O)O)nn1C. The molecule has 104 valence electrons. The Morgan fingerprint density at radius 2 is 2.26 bits per heavy atom. The maximum Gasteiger partial charge on any atom is 0.306 e. The summed E-state index contributed by atoms with van der Waals surface area (Å²) in [5.41, 5.74) is 1.29. The number of carboxylic acid groups (broad SMARTS) is 1. The first-order valence-corrected chi connectivity index (χ1v) is 6.50. The van der Waals surface area contributed by atoms with E-state index in [4.69, 9.17) is 5.11 Å². The van der Waals surface area contributed by atoms with Crippen molar-refractivity contribution in [1.29, 1.82) is 0 Å². The molecule has 2 rings (SSSR count). The molecular formula is C13H19N3O3. The standard InChI is InChI=1S/C13H19N3O3/c1-8-6-11(15-16(8)2)12(17)14-7-9-4-3-5-10(9)13(18)19/h6,9-10H,3-5,7H2,1-2H3,(H,14,17)(H,18,19). The molecule has 2 atom stereocenters.